The predicted molar refractivity (Wildman–Crippen MR) is 165 cm³/mol. The van der Waals surface area contributed by atoms with Crippen molar-refractivity contribution >= 4 is 33.8 Å². The molecule has 1 saturated carbocycles. The first-order valence-electron chi connectivity index (χ1n) is 15.6. The van der Waals surface area contributed by atoms with Crippen LogP contribution in [0.3, 0.4) is 0 Å². The Balaban J connectivity index is 1.32. The molecule has 2 amide bonds. The van der Waals surface area contributed by atoms with E-state index in [4.69, 9.17) is 9.72 Å². The molecular formula is C34H41N5O3. The molecule has 7 rings (SSSR count). The summed E-state index contributed by atoms with van der Waals surface area (Å²) >= 11 is 0. The number of ether oxygens (including phenoxy) is 1. The normalized spacial score (nSPS) is 19.5. The van der Waals surface area contributed by atoms with Crippen LogP contribution in [0.15, 0.2) is 36.4 Å². The van der Waals surface area contributed by atoms with Gasteiger partial charge < -0.3 is 23.7 Å². The number of aryl methyl sites for hydroxylation is 1. The number of nitrogens with zero attached hydrogens (tertiary/aromatic N) is 5. The van der Waals surface area contributed by atoms with Crippen molar-refractivity contribution in [3.63, 3.8) is 0 Å². The van der Waals surface area contributed by atoms with Crippen LogP contribution in [0.1, 0.15) is 67.8 Å². The smallest absolute Gasteiger partial charge is 0.254 e. The third-order valence-corrected chi connectivity index (χ3v) is 9.87. The highest BCUT2D eigenvalue weighted by atomic mass is 16.5. The number of fused-ring (bicyclic) bond motifs is 2. The second-order valence-corrected chi connectivity index (χ2v) is 12.7. The van der Waals surface area contributed by atoms with Gasteiger partial charge in [0.15, 0.2) is 5.82 Å². The molecule has 0 N–H and O–H groups in total. The Kier molecular flexibility index (Phi) is 6.75. The molecule has 8 nitrogen and oxygen atoms in total. The van der Waals surface area contributed by atoms with Crippen molar-refractivity contribution in [2.75, 3.05) is 33.3 Å². The van der Waals surface area contributed by atoms with E-state index in [1.54, 1.807) is 14.0 Å². The second kappa shape index (κ2) is 10.5. The third kappa shape index (κ3) is 4.56. The van der Waals surface area contributed by atoms with Gasteiger partial charge in [0, 0.05) is 63.6 Å². The van der Waals surface area contributed by atoms with Gasteiger partial charge in [0.2, 0.25) is 5.91 Å². The molecule has 8 heteroatoms. The molecular weight excluding hydrogens is 526 g/mol. The number of benzene rings is 2. The maximum Gasteiger partial charge on any atom is 0.254 e. The Hall–Kier alpha value is -3.81. The van der Waals surface area contributed by atoms with Crippen LogP contribution in [0.2, 0.25) is 0 Å². The summed E-state index contributed by atoms with van der Waals surface area (Å²) < 4.78 is 10.5. The fourth-order valence-electron chi connectivity index (χ4n) is 7.13. The molecule has 4 heterocycles. The SMILES string of the molecule is CC[C@@H]1CCCN(C(=O)c2cc(OC)c3c(c2)nc(-c2cc4cccc(C5CN(C(C)=O)C5)c4n2CC2CC2)n3C)C1. The van der Waals surface area contributed by atoms with Gasteiger partial charge in [0.05, 0.1) is 23.8 Å². The van der Waals surface area contributed by atoms with Crippen LogP contribution in [0.5, 0.6) is 5.75 Å². The van der Waals surface area contributed by atoms with Crippen molar-refractivity contribution in [3.05, 3.63) is 47.5 Å². The summed E-state index contributed by atoms with van der Waals surface area (Å²) in [7, 11) is 3.71. The minimum atomic E-state index is 0.0631. The molecule has 0 radical (unpaired) electrons. The summed E-state index contributed by atoms with van der Waals surface area (Å²) in [5, 5.41) is 1.20. The number of carbonyl (C=O) groups excluding carboxylic acids is 2. The first-order valence-corrected chi connectivity index (χ1v) is 15.6. The number of carbonyl (C=O) groups is 2. The van der Waals surface area contributed by atoms with Gasteiger partial charge in [-0.25, -0.2) is 4.98 Å². The van der Waals surface area contributed by atoms with Crippen molar-refractivity contribution in [1.29, 1.82) is 0 Å². The molecule has 3 fully saturated rings. The standard InChI is InChI=1S/C34H41N5O3/c1-5-22-8-7-13-37(17-22)34(41)25-14-28-32(30(16-25)42-4)36(3)33(35-28)29-15-24-9-6-10-27(26-19-38(20-26)21(2)40)31(24)39(29)18-23-11-12-23/h6,9-10,14-16,22-23,26H,5,7-8,11-13,17-20H2,1-4H3/t22-/m1/s1. The van der Waals surface area contributed by atoms with E-state index < -0.39 is 0 Å². The fraction of sp³-hybridized carbons (Fsp3) is 0.500. The number of para-hydroxylation sites is 1. The van der Waals surface area contributed by atoms with Gasteiger partial charge in [0.1, 0.15) is 11.3 Å². The fourth-order valence-corrected chi connectivity index (χ4v) is 7.13. The van der Waals surface area contributed by atoms with Crippen LogP contribution in [0, 0.1) is 11.8 Å². The van der Waals surface area contributed by atoms with E-state index >= 15 is 0 Å². The zero-order valence-electron chi connectivity index (χ0n) is 25.2. The molecule has 2 saturated heterocycles. The zero-order valence-corrected chi connectivity index (χ0v) is 25.2. The molecule has 3 aliphatic rings. The molecule has 220 valence electrons. The van der Waals surface area contributed by atoms with E-state index in [1.807, 2.05) is 29.0 Å². The highest BCUT2D eigenvalue weighted by Crippen LogP contribution is 2.41. The Bertz CT molecular complexity index is 1690. The van der Waals surface area contributed by atoms with Gasteiger partial charge in [-0.15, -0.1) is 0 Å². The lowest BCUT2D eigenvalue weighted by molar-refractivity contribution is -0.133. The van der Waals surface area contributed by atoms with Gasteiger partial charge in [-0.2, -0.15) is 0 Å². The van der Waals surface area contributed by atoms with Crippen molar-refractivity contribution in [1.82, 2.24) is 23.9 Å². The van der Waals surface area contributed by atoms with Gasteiger partial charge in [-0.05, 0) is 61.3 Å². The molecule has 2 aromatic carbocycles. The van der Waals surface area contributed by atoms with E-state index in [0.717, 1.165) is 68.1 Å². The maximum atomic E-state index is 13.6. The molecule has 0 unspecified atom stereocenters. The van der Waals surface area contributed by atoms with Crippen molar-refractivity contribution in [2.45, 2.75) is 58.4 Å². The average molecular weight is 568 g/mol. The number of hydrogen-bond donors (Lipinski definition) is 0. The summed E-state index contributed by atoms with van der Waals surface area (Å²) in [5.41, 5.74) is 5.97. The summed E-state index contributed by atoms with van der Waals surface area (Å²) in [4.78, 5) is 34.7. The molecule has 42 heavy (non-hydrogen) atoms. The minimum absolute atomic E-state index is 0.0631. The van der Waals surface area contributed by atoms with Gasteiger partial charge in [-0.3, -0.25) is 9.59 Å². The number of methoxy groups -OCH3 is 1. The number of rotatable bonds is 7. The predicted octanol–water partition coefficient (Wildman–Crippen LogP) is 5.82. The monoisotopic (exact) mass is 567 g/mol. The highest BCUT2D eigenvalue weighted by molar-refractivity contribution is 6.00. The summed E-state index contributed by atoms with van der Waals surface area (Å²) in [6.07, 6.45) is 5.85. The number of hydrogen-bond acceptors (Lipinski definition) is 4. The number of imidazole rings is 1. The Morgan fingerprint density at radius 3 is 2.52 bits per heavy atom. The quantitative estimate of drug-likeness (QED) is 0.282. The molecule has 4 aromatic rings. The van der Waals surface area contributed by atoms with E-state index in [-0.39, 0.29) is 11.8 Å². The summed E-state index contributed by atoms with van der Waals surface area (Å²) in [5.74, 6) is 3.34. The first-order chi connectivity index (χ1) is 20.4. The Labute approximate surface area is 247 Å². The third-order valence-electron chi connectivity index (χ3n) is 9.87. The molecule has 2 aliphatic heterocycles. The lowest BCUT2D eigenvalue weighted by atomic mass is 9.90. The topological polar surface area (TPSA) is 72.6 Å². The van der Waals surface area contributed by atoms with Crippen LogP contribution in [-0.4, -0.2) is 69.0 Å². The van der Waals surface area contributed by atoms with Crippen molar-refractivity contribution < 1.29 is 14.3 Å². The maximum absolute atomic E-state index is 13.6. The average Bonchev–Trinajstić information content (AvgIpc) is 3.63. The van der Waals surface area contributed by atoms with Gasteiger partial charge in [-0.1, -0.05) is 31.5 Å². The van der Waals surface area contributed by atoms with E-state index in [1.165, 1.54) is 35.7 Å². The molecule has 0 bridgehead atoms. The summed E-state index contributed by atoms with van der Waals surface area (Å²) in [6, 6.07) is 12.7. The number of amides is 2. The van der Waals surface area contributed by atoms with E-state index in [2.05, 4.69) is 40.3 Å². The lowest BCUT2D eigenvalue weighted by Gasteiger charge is -2.39. The largest absolute Gasteiger partial charge is 0.494 e. The van der Waals surface area contributed by atoms with Crippen LogP contribution < -0.4 is 4.74 Å². The lowest BCUT2D eigenvalue weighted by Crippen LogP contribution is -2.47. The molecule has 1 aliphatic carbocycles. The van der Waals surface area contributed by atoms with Crippen LogP contribution >= 0.6 is 0 Å². The zero-order chi connectivity index (χ0) is 29.1. The van der Waals surface area contributed by atoms with Gasteiger partial charge in [0.25, 0.3) is 5.91 Å². The van der Waals surface area contributed by atoms with Crippen molar-refractivity contribution in [3.8, 4) is 17.3 Å². The van der Waals surface area contributed by atoms with Crippen LogP contribution in [0.4, 0.5) is 0 Å². The van der Waals surface area contributed by atoms with E-state index in [0.29, 0.717) is 29.1 Å². The van der Waals surface area contributed by atoms with Crippen LogP contribution in [-0.2, 0) is 18.4 Å². The molecule has 2 aromatic heterocycles. The number of piperidine rings is 1. The Morgan fingerprint density at radius 1 is 1.00 bits per heavy atom. The number of likely N-dealkylation sites (tertiary alicyclic amines) is 2. The molecule has 1 atom stereocenters. The molecule has 0 spiro atoms. The summed E-state index contributed by atoms with van der Waals surface area (Å²) in [6.45, 7) is 7.98. The van der Waals surface area contributed by atoms with Crippen molar-refractivity contribution in [2.24, 2.45) is 18.9 Å². The Morgan fingerprint density at radius 2 is 1.81 bits per heavy atom. The van der Waals surface area contributed by atoms with Gasteiger partial charge >= 0.3 is 0 Å². The van der Waals surface area contributed by atoms with E-state index in [9.17, 15) is 9.59 Å². The minimum Gasteiger partial charge on any atom is -0.494 e. The first kappa shape index (κ1) is 27.0. The number of aromatic nitrogens is 3. The second-order valence-electron chi connectivity index (χ2n) is 12.7. The van der Waals surface area contributed by atoms with Crippen LogP contribution in [0.25, 0.3) is 33.5 Å². The highest BCUT2D eigenvalue weighted by Gasteiger charge is 2.34.